The smallest absolute Gasteiger partial charge is 0.269 e. The first-order valence-electron chi connectivity index (χ1n) is 46.2. The number of hydrogen-bond acceptors (Lipinski definition) is 27. The van der Waals surface area contributed by atoms with Crippen molar-refractivity contribution in [1.82, 2.24) is 94.8 Å². The maximum absolute atomic E-state index is 14.6. The molecule has 15 aromatic heterocycles. The molecule has 2 atom stereocenters. The average Bonchev–Trinajstić information content (AvgIpc) is 1.62. The van der Waals surface area contributed by atoms with Gasteiger partial charge in [0, 0.05) is 177 Å². The number of alkyl halides is 1. The molecule has 0 saturated carbocycles. The largest absolute Gasteiger partial charge is 0.461 e. The van der Waals surface area contributed by atoms with Crippen LogP contribution in [0, 0.1) is 33.5 Å². The van der Waals surface area contributed by atoms with Crippen LogP contribution in [0.1, 0.15) is 65.8 Å². The number of H-pyrrole nitrogens is 5. The first kappa shape index (κ1) is 96.5. The molecule has 6 N–H and O–H groups in total. The highest BCUT2D eigenvalue weighted by molar-refractivity contribution is 7.19. The van der Waals surface area contributed by atoms with Crippen LogP contribution in [-0.4, -0.2) is 192 Å². The first-order valence-corrected chi connectivity index (χ1v) is 50.6. The highest BCUT2D eigenvalue weighted by Gasteiger charge is 2.32. The molecule has 5 aromatic carbocycles. The fourth-order valence-electron chi connectivity index (χ4n) is 17.3. The molecule has 3 aliphatic rings. The van der Waals surface area contributed by atoms with Crippen LogP contribution in [0.2, 0.25) is 0 Å². The fraction of sp³-hybridized carbons (Fsp3) is 0.178. The molecule has 23 rings (SSSR count). The van der Waals surface area contributed by atoms with E-state index < -0.39 is 12.2 Å². The molecule has 3 amide bonds. The van der Waals surface area contributed by atoms with Crippen molar-refractivity contribution in [2.75, 3.05) is 81.8 Å². The summed E-state index contributed by atoms with van der Waals surface area (Å²) < 4.78 is 34.8. The van der Waals surface area contributed by atoms with Gasteiger partial charge in [-0.1, -0.05) is 115 Å². The van der Waals surface area contributed by atoms with Gasteiger partial charge in [-0.15, -0.1) is 56.7 Å². The summed E-state index contributed by atoms with van der Waals surface area (Å²) in [5.74, 6) is 1.16. The Kier molecular flexibility index (Phi) is 29.1. The van der Waals surface area contributed by atoms with E-state index >= 15 is 0 Å². The Balaban J connectivity index is 0.000000114. The minimum absolute atomic E-state index is 0.0826. The SMILES string of the molecule is CC(F)Oc1ccc(-c2csc3c(=O)[nH]c(-c4ccccn4)nc23)c(F)c1.Cc1cccc(CC2CN(C(=O)c3csc4c(=O)[nH]c(-c5ccccn5)nc34)CCN2)c1.Cc1cccc(N2CCN(C(=O)c3csc4c(=O)[nH]c(-c5ccccn5)nc34)CC2)c1.Cc1ccccc1-c1csc2c(=O)[nH]c(-c3ccccn3)nc12.Cc1ccccc1N1CCN(C(=O)c2csc3c(=O)[nH]c(-c4ccccn4)nc23)CC1. The Hall–Kier alpha value is -16.3. The van der Waals surface area contributed by atoms with Crippen LogP contribution in [0.3, 0.4) is 0 Å². The zero-order chi connectivity index (χ0) is 99.6. The van der Waals surface area contributed by atoms with Gasteiger partial charge in [-0.05, 0) is 153 Å². The number of benzene rings is 5. The number of aromatic nitrogens is 15. The number of piperazine rings is 3. The second kappa shape index (κ2) is 43.4. The van der Waals surface area contributed by atoms with Gasteiger partial charge in [-0.25, -0.2) is 33.7 Å². The number of carbonyl (C=O) groups excluding carboxylic acids is 3. The van der Waals surface area contributed by atoms with E-state index in [-0.39, 0.29) is 62.9 Å². The van der Waals surface area contributed by atoms with Gasteiger partial charge in [0.25, 0.3) is 45.5 Å². The molecular weight excluding hydrogens is 1920 g/mol. The van der Waals surface area contributed by atoms with Gasteiger partial charge in [0.2, 0.25) is 6.36 Å². The highest BCUT2D eigenvalue weighted by Crippen LogP contribution is 2.38. The molecule has 30 nitrogen and oxygen atoms in total. The molecule has 0 bridgehead atoms. The molecule has 37 heteroatoms. The number of aromatic amines is 5. The van der Waals surface area contributed by atoms with Gasteiger partial charge < -0.3 is 59.5 Å². The van der Waals surface area contributed by atoms with E-state index in [1.807, 2.05) is 80.7 Å². The van der Waals surface area contributed by atoms with Crippen LogP contribution in [0.5, 0.6) is 5.75 Å². The van der Waals surface area contributed by atoms with E-state index in [0.29, 0.717) is 165 Å². The lowest BCUT2D eigenvalue weighted by Gasteiger charge is -2.36. The number of thiophene rings is 5. The average molecular weight is 2010 g/mol. The molecule has 3 fully saturated rings. The van der Waals surface area contributed by atoms with Crippen LogP contribution in [-0.2, 0) is 6.42 Å². The maximum atomic E-state index is 14.6. The number of aryl methyl sites for hydroxylation is 4. The van der Waals surface area contributed by atoms with Crippen LogP contribution in [0.4, 0.5) is 20.2 Å². The third kappa shape index (κ3) is 21.5. The summed E-state index contributed by atoms with van der Waals surface area (Å²) in [6.07, 6.45) is 7.54. The van der Waals surface area contributed by atoms with Gasteiger partial charge in [-0.2, -0.15) is 0 Å². The zero-order valence-electron chi connectivity index (χ0n) is 78.2. The number of para-hydroxylation sites is 1. The second-order valence-corrected chi connectivity index (χ2v) is 38.6. The molecule has 2 unspecified atom stereocenters. The Bertz CT molecular complexity index is 8440. The van der Waals surface area contributed by atoms with Crippen LogP contribution in [0.25, 0.3) is 131 Å². The number of carbonyl (C=O) groups is 3. The highest BCUT2D eigenvalue weighted by atomic mass is 32.1. The minimum atomic E-state index is -1.54. The maximum Gasteiger partial charge on any atom is 0.269 e. The molecule has 0 spiro atoms. The van der Waals surface area contributed by atoms with Gasteiger partial charge in [0.1, 0.15) is 80.1 Å². The molecule has 3 saturated heterocycles. The van der Waals surface area contributed by atoms with E-state index in [9.17, 15) is 47.1 Å². The van der Waals surface area contributed by atoms with Crippen molar-refractivity contribution >= 4 is 137 Å². The number of nitrogens with zero attached hydrogens (tertiary/aromatic N) is 15. The number of nitrogens with one attached hydrogen (secondary N) is 6. The minimum Gasteiger partial charge on any atom is -0.461 e. The molecule has 144 heavy (non-hydrogen) atoms. The van der Waals surface area contributed by atoms with Gasteiger partial charge in [-0.3, -0.25) is 63.3 Å². The van der Waals surface area contributed by atoms with Crippen molar-refractivity contribution in [3.8, 4) is 85.6 Å². The topological polar surface area (TPSA) is 382 Å². The Morgan fingerprint density at radius 3 is 1.17 bits per heavy atom. The number of ether oxygens (including phenoxy) is 1. The normalized spacial score (nSPS) is 13.8. The van der Waals surface area contributed by atoms with E-state index in [0.717, 1.165) is 67.4 Å². The van der Waals surface area contributed by atoms with Crippen LogP contribution < -0.4 is 47.6 Å². The number of hydrogen-bond donors (Lipinski definition) is 6. The molecule has 3 aliphatic heterocycles. The molecule has 722 valence electrons. The third-order valence-electron chi connectivity index (χ3n) is 24.4. The number of fused-ring (bicyclic) bond motifs is 5. The number of pyridine rings is 5. The number of halogens is 2. The lowest BCUT2D eigenvalue weighted by Crippen LogP contribution is -2.53. The van der Waals surface area contributed by atoms with Crippen molar-refractivity contribution in [2.45, 2.75) is 53.4 Å². The van der Waals surface area contributed by atoms with Crippen molar-refractivity contribution in [1.29, 1.82) is 0 Å². The van der Waals surface area contributed by atoms with Crippen molar-refractivity contribution in [3.05, 3.63) is 366 Å². The van der Waals surface area contributed by atoms with E-state index in [1.165, 1.54) is 109 Å². The Morgan fingerprint density at radius 2 is 0.764 bits per heavy atom. The summed E-state index contributed by atoms with van der Waals surface area (Å²) in [4.78, 5) is 171. The first-order chi connectivity index (χ1) is 70.1. The summed E-state index contributed by atoms with van der Waals surface area (Å²) in [7, 11) is 0. The summed E-state index contributed by atoms with van der Waals surface area (Å²) in [5, 5.41) is 12.4. The van der Waals surface area contributed by atoms with E-state index in [4.69, 9.17) is 4.74 Å². The lowest BCUT2D eigenvalue weighted by molar-refractivity contribution is 0.0703. The van der Waals surface area contributed by atoms with Crippen molar-refractivity contribution in [2.24, 2.45) is 0 Å². The third-order valence-corrected chi connectivity index (χ3v) is 29.2. The van der Waals surface area contributed by atoms with Gasteiger partial charge in [0.15, 0.2) is 29.1 Å². The summed E-state index contributed by atoms with van der Waals surface area (Å²) >= 11 is 6.35. The summed E-state index contributed by atoms with van der Waals surface area (Å²) in [6.45, 7) is 17.1. The zero-order valence-corrected chi connectivity index (χ0v) is 82.3. The molecule has 0 aliphatic carbocycles. The second-order valence-electron chi connectivity index (χ2n) is 34.2. The fourth-order valence-corrected chi connectivity index (χ4v) is 21.7. The number of amides is 3. The monoisotopic (exact) mass is 2010 g/mol. The van der Waals surface area contributed by atoms with Crippen molar-refractivity contribution < 1.29 is 27.9 Å². The molecule has 18 heterocycles. The standard InChI is InChI=1S/C24H23N5O2S.2C23H21N5O2S.C19H13F2N3O2S.C18H13N3OS/c1-15-5-4-6-16(11-15)12-17-13-29(10-9-25-17)24(31)18-14-32-21-20(18)27-22(28-23(21)30)19-7-2-3-8-26-19;1-15-5-4-6-16(13-15)27-9-11-28(12-10-27)23(30)17-14-31-20-19(17)25-21(26-22(20)29)18-7-2-3-8-24-18;1-15-6-2-3-8-18(15)27-10-12-28(13-11-27)23(30)16-14-31-20-19(16)25-21(26-22(20)29)17-7-4-5-9-24-17;1-10(20)26-11-5-6-12(14(21)8-11)13-9-27-17-16(13)23-18(24-19(17)25)15-4-2-3-7-22-15;1-11-6-2-3-7-12(11)13-10-23-16-15(13)20-17(21-18(16)22)14-8-4-5-9-19-14/h2-8,11,14,17,25H,9-10,12-13H2,1H3,(H,27,28,30);2-8,13-14H,9-12H2,1H3,(H,25,26,29);2-9,14H,10-13H2,1H3,(H,25,26,29);2-10H,1H3,(H,23,24,25);2-10H,1H3,(H,20,21,22). The number of anilines is 2. The van der Waals surface area contributed by atoms with Crippen LogP contribution >= 0.6 is 56.7 Å². The lowest BCUT2D eigenvalue weighted by atomic mass is 10.0. The van der Waals surface area contributed by atoms with E-state index in [1.54, 1.807) is 107 Å². The molecular formula is C107H91F2N21O9S5. The quantitative estimate of drug-likeness (QED) is 0.0523. The van der Waals surface area contributed by atoms with Crippen LogP contribution in [0.15, 0.2) is 288 Å². The Morgan fingerprint density at radius 1 is 0.382 bits per heavy atom. The summed E-state index contributed by atoms with van der Waals surface area (Å²) in [6, 6.07) is 64.6. The van der Waals surface area contributed by atoms with Gasteiger partial charge >= 0.3 is 0 Å². The predicted octanol–water partition coefficient (Wildman–Crippen LogP) is 18.2. The number of rotatable bonds is 16. The summed E-state index contributed by atoms with van der Waals surface area (Å²) in [5.41, 5.74) is 16.9. The molecule has 0 radical (unpaired) electrons. The molecule has 20 aromatic rings. The Labute approximate surface area is 840 Å². The van der Waals surface area contributed by atoms with Crippen molar-refractivity contribution in [3.63, 3.8) is 0 Å². The van der Waals surface area contributed by atoms with Gasteiger partial charge in [0.05, 0.1) is 27.7 Å². The predicted molar refractivity (Wildman–Crippen MR) is 565 cm³/mol. The van der Waals surface area contributed by atoms with E-state index in [2.05, 4.69) is 190 Å².